The van der Waals surface area contributed by atoms with Crippen LogP contribution in [0.15, 0.2) is 0 Å². The topological polar surface area (TPSA) is 138 Å². The van der Waals surface area contributed by atoms with E-state index in [4.69, 9.17) is 34.2 Å². The number of carbonyl (C=O) groups is 1. The van der Waals surface area contributed by atoms with E-state index >= 15 is 0 Å². The van der Waals surface area contributed by atoms with E-state index in [9.17, 15) is 0 Å². The monoisotopic (exact) mass is 256 g/mol. The van der Waals surface area contributed by atoms with Crippen LogP contribution in [0.2, 0.25) is 0 Å². The summed E-state index contributed by atoms with van der Waals surface area (Å²) in [7, 11) is -4.61. The van der Waals surface area contributed by atoms with Gasteiger partial charge in [0.25, 0.3) is 0 Å². The fourth-order valence-corrected chi connectivity index (χ4v) is 0. The van der Waals surface area contributed by atoms with Crippen LogP contribution in [-0.4, -0.2) is 123 Å². The molecule has 0 saturated carbocycles. The zero-order valence-electron chi connectivity index (χ0n) is 9.51. The van der Waals surface area contributed by atoms with Gasteiger partial charge in [-0.2, -0.15) is 0 Å². The minimum atomic E-state index is -4.61. The van der Waals surface area contributed by atoms with Gasteiger partial charge in [-0.05, 0) is 0 Å². The van der Waals surface area contributed by atoms with Gasteiger partial charge in [0.2, 0.25) is 0 Å². The Labute approximate surface area is 132 Å². The van der Waals surface area contributed by atoms with Gasteiger partial charge in [0.1, 0.15) is 0 Å². The molecule has 6 N–H and O–H groups in total. The van der Waals surface area contributed by atoms with Crippen molar-refractivity contribution in [3.8, 4) is 0 Å². The van der Waals surface area contributed by atoms with Crippen molar-refractivity contribution in [3.63, 3.8) is 0 Å². The quantitative estimate of drug-likeness (QED) is 0.244. The van der Waals surface area contributed by atoms with Gasteiger partial charge in [0, 0.05) is 0 Å². The number of hydrogen-bond acceptors (Lipinski definition) is 5. The summed E-state index contributed by atoms with van der Waals surface area (Å²) in [5.41, 5.74) is 0. The second-order valence-electron chi connectivity index (χ2n) is 0.883. The summed E-state index contributed by atoms with van der Waals surface area (Å²) in [6, 6.07) is 0. The maximum Gasteiger partial charge on any atom is 2.00 e. The molecular weight excluding hydrogens is 243 g/mol. The number of hydrogen-bond donors (Lipinski definition) is 6. The van der Waals surface area contributed by atoms with E-state index in [2.05, 4.69) is 0 Å². The van der Waals surface area contributed by atoms with E-state index in [-0.39, 0.29) is 83.9 Å². The largest absolute Gasteiger partial charge is 2.00 e. The summed E-state index contributed by atoms with van der Waals surface area (Å²) in [6.45, 7) is 0. The van der Waals surface area contributed by atoms with Crippen molar-refractivity contribution in [2.24, 2.45) is 0 Å². The molecule has 0 radical (unpaired) electrons. The van der Waals surface area contributed by atoms with Crippen molar-refractivity contribution in [2.75, 3.05) is 0 Å². The standard InChI is InChI=1S/CH2O3.Al.Ca.Mg.H4O4Si.7H/c2-1(3)4;;;;1-5(2,3)4;;;;;;;/h(H2,2,3,4);;;;1-4H;;;;;;;/q;;2*+2;;;;;4*-1. The molecule has 0 aliphatic rings. The first-order chi connectivity index (χ1) is 3.73. The second-order valence-corrected chi connectivity index (χ2v) is 2.08. The Morgan fingerprint density at radius 2 is 1.08 bits per heavy atom. The van der Waals surface area contributed by atoms with E-state index in [0.717, 1.165) is 0 Å². The second kappa shape index (κ2) is 15.4. The molecule has 0 spiro atoms. The third-order valence-corrected chi connectivity index (χ3v) is 0. The van der Waals surface area contributed by atoms with Crippen LogP contribution < -0.4 is 0 Å². The SMILES string of the molecule is O=C(O)O.O[Si](O)(O)O.[AlH3].[Ca+2].[H-].[H-].[H-].[H-].[Mg+2]. The molecule has 0 rings (SSSR count). The Morgan fingerprint density at radius 3 is 1.08 bits per heavy atom. The van der Waals surface area contributed by atoms with Gasteiger partial charge in [-0.1, -0.05) is 0 Å². The first-order valence-corrected chi connectivity index (χ1v) is 3.33. The fraction of sp³-hybridized carbons (Fsp3) is 0. The molecule has 7 nitrogen and oxygen atoms in total. The molecule has 0 atom stereocenters. The van der Waals surface area contributed by atoms with Gasteiger partial charge in [0.05, 0.1) is 0 Å². The summed E-state index contributed by atoms with van der Waals surface area (Å²) in [5.74, 6) is 0. The maximum absolute atomic E-state index is 8.56. The predicted molar refractivity (Wildman–Crippen MR) is 51.2 cm³/mol. The first kappa shape index (κ1) is 29.2. The van der Waals surface area contributed by atoms with Crippen molar-refractivity contribution in [1.82, 2.24) is 0 Å². The van der Waals surface area contributed by atoms with Crippen LogP contribution in [0.1, 0.15) is 5.71 Å². The molecule has 0 saturated heterocycles. The van der Waals surface area contributed by atoms with Gasteiger partial charge < -0.3 is 35.1 Å². The van der Waals surface area contributed by atoms with Gasteiger partial charge in [0.15, 0.2) is 17.4 Å². The van der Waals surface area contributed by atoms with E-state index in [1.165, 1.54) is 0 Å². The van der Waals surface area contributed by atoms with Crippen LogP contribution in [0.3, 0.4) is 0 Å². The maximum atomic E-state index is 8.56. The van der Waals surface area contributed by atoms with E-state index in [1.807, 2.05) is 0 Å². The first-order valence-electron chi connectivity index (χ1n) is 1.55. The van der Waals surface area contributed by atoms with Crippen LogP contribution in [0.25, 0.3) is 0 Å². The van der Waals surface area contributed by atoms with E-state index in [1.54, 1.807) is 0 Å². The summed E-state index contributed by atoms with van der Waals surface area (Å²) >= 11 is 0. The molecule has 11 heteroatoms. The van der Waals surface area contributed by atoms with Gasteiger partial charge in [-0.25, -0.2) is 4.79 Å². The van der Waals surface area contributed by atoms with Crippen molar-refractivity contribution < 1.29 is 39.9 Å². The number of carboxylic acid groups (broad SMARTS) is 2. The molecule has 0 amide bonds. The van der Waals surface area contributed by atoms with Crippen LogP contribution in [-0.2, 0) is 0 Å². The Kier molecular flexibility index (Phi) is 37.4. The molecule has 0 aromatic rings. The smallest absolute Gasteiger partial charge is 1.00 e. The molecule has 12 heavy (non-hydrogen) atoms. The van der Waals surface area contributed by atoms with Crippen LogP contribution in [0.4, 0.5) is 4.79 Å². The molecule has 0 aliphatic heterocycles. The predicted octanol–water partition coefficient (Wildman–Crippen LogP) is -3.88. The summed E-state index contributed by atoms with van der Waals surface area (Å²) in [4.78, 5) is 37.9. The number of rotatable bonds is 0. The van der Waals surface area contributed by atoms with E-state index < -0.39 is 15.2 Å². The molecular formula is CH13AlCaMgO7Si. The van der Waals surface area contributed by atoms with Crippen LogP contribution in [0.5, 0.6) is 0 Å². The van der Waals surface area contributed by atoms with E-state index in [0.29, 0.717) is 0 Å². The van der Waals surface area contributed by atoms with Crippen molar-refractivity contribution >= 4 is 93.4 Å². The molecule has 0 aliphatic carbocycles. The third kappa shape index (κ3) is 396. The summed E-state index contributed by atoms with van der Waals surface area (Å²) in [5, 5.41) is 13.9. The molecule has 0 bridgehead atoms. The Bertz CT molecular complexity index is 98.9. The van der Waals surface area contributed by atoms with Crippen molar-refractivity contribution in [3.05, 3.63) is 0 Å². The molecule has 0 fully saturated rings. The fourth-order valence-electron chi connectivity index (χ4n) is 0. The van der Waals surface area contributed by atoms with Gasteiger partial charge in [-0.3, -0.25) is 0 Å². The summed E-state index contributed by atoms with van der Waals surface area (Å²) in [6.07, 6.45) is -1.83. The third-order valence-electron chi connectivity index (χ3n) is 0. The zero-order chi connectivity index (χ0) is 8.08. The van der Waals surface area contributed by atoms with Gasteiger partial charge in [-0.15, -0.1) is 0 Å². The Hall–Kier alpha value is 1.89. The minimum Gasteiger partial charge on any atom is -1.00 e. The molecule has 0 heterocycles. The molecule has 0 aromatic heterocycles. The van der Waals surface area contributed by atoms with Crippen molar-refractivity contribution in [2.45, 2.75) is 0 Å². The van der Waals surface area contributed by atoms with Crippen LogP contribution in [0, 0.1) is 0 Å². The average Bonchev–Trinajstić information content (AvgIpc) is 1.19. The molecule has 0 aromatic carbocycles. The minimum absolute atomic E-state index is 0. The van der Waals surface area contributed by atoms with Crippen molar-refractivity contribution in [1.29, 1.82) is 0 Å². The van der Waals surface area contributed by atoms with Gasteiger partial charge >= 0.3 is 76.0 Å². The molecule has 0 unspecified atom stereocenters. The van der Waals surface area contributed by atoms with Crippen LogP contribution >= 0.6 is 0 Å². The normalized spacial score (nSPS) is 7.00. The Balaban J connectivity index is -0.00000000614. The Morgan fingerprint density at radius 1 is 1.08 bits per heavy atom. The average molecular weight is 257 g/mol. The molecule has 70 valence electrons. The summed E-state index contributed by atoms with van der Waals surface area (Å²) < 4.78 is 0. The zero-order valence-corrected chi connectivity index (χ0v) is 10.1.